The second kappa shape index (κ2) is 8.55. The first kappa shape index (κ1) is 20.7. The molecule has 8 heteroatoms. The summed E-state index contributed by atoms with van der Waals surface area (Å²) in [5.41, 5.74) is 1.98. The van der Waals surface area contributed by atoms with Gasteiger partial charge in [0.05, 0.1) is 17.0 Å². The summed E-state index contributed by atoms with van der Waals surface area (Å²) in [6.07, 6.45) is 0.0943. The minimum atomic E-state index is -3.87. The Labute approximate surface area is 174 Å². The number of halogens is 1. The minimum absolute atomic E-state index is 0.0555. The van der Waals surface area contributed by atoms with Gasteiger partial charge in [0, 0.05) is 10.7 Å². The van der Waals surface area contributed by atoms with E-state index in [2.05, 4.69) is 10.0 Å². The minimum Gasteiger partial charge on any atom is -0.508 e. The molecule has 3 N–H and O–H groups in total. The smallest absolute Gasteiger partial charge is 0.262 e. The van der Waals surface area contributed by atoms with Crippen LogP contribution in [-0.4, -0.2) is 19.4 Å². The van der Waals surface area contributed by atoms with Gasteiger partial charge in [0.15, 0.2) is 0 Å². The molecular formula is C21H19ClN2O4S. The van der Waals surface area contributed by atoms with E-state index >= 15 is 0 Å². The van der Waals surface area contributed by atoms with Gasteiger partial charge in [-0.25, -0.2) is 8.42 Å². The van der Waals surface area contributed by atoms with Crippen molar-refractivity contribution in [3.8, 4) is 5.75 Å². The molecule has 150 valence electrons. The van der Waals surface area contributed by atoms with Crippen LogP contribution < -0.4 is 10.0 Å². The van der Waals surface area contributed by atoms with Crippen molar-refractivity contribution in [2.75, 3.05) is 10.0 Å². The predicted octanol–water partition coefficient (Wildman–Crippen LogP) is 4.34. The number of phenolic OH excluding ortho intramolecular Hbond substituents is 1. The van der Waals surface area contributed by atoms with E-state index in [-0.39, 0.29) is 23.0 Å². The fourth-order valence-electron chi connectivity index (χ4n) is 2.73. The molecule has 0 aliphatic carbocycles. The lowest BCUT2D eigenvalue weighted by Crippen LogP contribution is -2.17. The summed E-state index contributed by atoms with van der Waals surface area (Å²) in [5, 5.41) is 12.4. The standard InChI is InChI=1S/C21H19ClN2O4S/c1-14-5-8-17(23-21(26)11-15-6-9-19(25)10-7-15)13-20(14)29(27,28)24-18-4-2-3-16(22)12-18/h2-10,12-13,24-25H,11H2,1H3,(H,23,26). The van der Waals surface area contributed by atoms with Crippen molar-refractivity contribution >= 4 is 38.9 Å². The van der Waals surface area contributed by atoms with Crippen molar-refractivity contribution < 1.29 is 18.3 Å². The zero-order valence-electron chi connectivity index (χ0n) is 15.5. The van der Waals surface area contributed by atoms with Gasteiger partial charge in [-0.05, 0) is 60.5 Å². The molecule has 0 aliphatic rings. The van der Waals surface area contributed by atoms with Gasteiger partial charge in [0.1, 0.15) is 5.75 Å². The van der Waals surface area contributed by atoms with Crippen LogP contribution in [0, 0.1) is 6.92 Å². The summed E-state index contributed by atoms with van der Waals surface area (Å²) < 4.78 is 28.1. The van der Waals surface area contributed by atoms with E-state index in [9.17, 15) is 18.3 Å². The summed E-state index contributed by atoms with van der Waals surface area (Å²) in [6, 6.07) is 17.4. The summed E-state index contributed by atoms with van der Waals surface area (Å²) in [7, 11) is -3.87. The van der Waals surface area contributed by atoms with Crippen molar-refractivity contribution in [2.24, 2.45) is 0 Å². The van der Waals surface area contributed by atoms with E-state index < -0.39 is 10.0 Å². The number of carbonyl (C=O) groups is 1. The normalized spacial score (nSPS) is 11.1. The second-order valence-electron chi connectivity index (χ2n) is 6.49. The molecule has 0 aromatic heterocycles. The fourth-order valence-corrected chi connectivity index (χ4v) is 4.25. The number of hydrogen-bond acceptors (Lipinski definition) is 4. The van der Waals surface area contributed by atoms with Crippen LogP contribution in [0.1, 0.15) is 11.1 Å². The van der Waals surface area contributed by atoms with Crippen molar-refractivity contribution in [2.45, 2.75) is 18.2 Å². The van der Waals surface area contributed by atoms with Crippen LogP contribution in [-0.2, 0) is 21.2 Å². The highest BCUT2D eigenvalue weighted by Gasteiger charge is 2.18. The zero-order valence-corrected chi connectivity index (χ0v) is 17.1. The lowest BCUT2D eigenvalue weighted by atomic mass is 10.1. The lowest BCUT2D eigenvalue weighted by Gasteiger charge is -2.13. The Hall–Kier alpha value is -3.03. The number of aromatic hydroxyl groups is 1. The van der Waals surface area contributed by atoms with Gasteiger partial charge in [-0.3, -0.25) is 9.52 Å². The van der Waals surface area contributed by atoms with Gasteiger partial charge in [0.25, 0.3) is 10.0 Å². The number of rotatable bonds is 6. The van der Waals surface area contributed by atoms with E-state index in [1.165, 1.54) is 24.3 Å². The molecule has 3 aromatic rings. The Kier molecular flexibility index (Phi) is 6.10. The number of carbonyl (C=O) groups excluding carboxylic acids is 1. The molecule has 3 rings (SSSR count). The molecule has 0 unspecified atom stereocenters. The quantitative estimate of drug-likeness (QED) is 0.542. The van der Waals surface area contributed by atoms with Crippen LogP contribution >= 0.6 is 11.6 Å². The maximum absolute atomic E-state index is 12.8. The number of aryl methyl sites for hydroxylation is 1. The molecule has 0 bridgehead atoms. The first-order valence-electron chi connectivity index (χ1n) is 8.70. The lowest BCUT2D eigenvalue weighted by molar-refractivity contribution is -0.115. The average Bonchev–Trinajstić information content (AvgIpc) is 2.65. The molecule has 0 fully saturated rings. The third-order valence-corrected chi connectivity index (χ3v) is 5.90. The number of hydrogen-bond donors (Lipinski definition) is 3. The number of anilines is 2. The molecule has 0 atom stereocenters. The first-order chi connectivity index (χ1) is 13.7. The largest absolute Gasteiger partial charge is 0.508 e. The van der Waals surface area contributed by atoms with Gasteiger partial charge in [-0.15, -0.1) is 0 Å². The number of amides is 1. The molecule has 6 nitrogen and oxygen atoms in total. The molecule has 0 aliphatic heterocycles. The Morgan fingerprint density at radius 2 is 1.72 bits per heavy atom. The van der Waals surface area contributed by atoms with Crippen molar-refractivity contribution in [1.82, 2.24) is 0 Å². The Balaban J connectivity index is 1.78. The average molecular weight is 431 g/mol. The molecule has 0 saturated heterocycles. The molecule has 0 heterocycles. The van der Waals surface area contributed by atoms with E-state index in [1.807, 2.05) is 0 Å². The Morgan fingerprint density at radius 1 is 1.00 bits per heavy atom. The zero-order chi connectivity index (χ0) is 21.0. The SMILES string of the molecule is Cc1ccc(NC(=O)Cc2ccc(O)cc2)cc1S(=O)(=O)Nc1cccc(Cl)c1. The summed E-state index contributed by atoms with van der Waals surface area (Å²) >= 11 is 5.91. The number of benzene rings is 3. The van der Waals surface area contributed by atoms with E-state index in [1.54, 1.807) is 49.4 Å². The third kappa shape index (κ3) is 5.49. The Morgan fingerprint density at radius 3 is 2.41 bits per heavy atom. The summed E-state index contributed by atoms with van der Waals surface area (Å²) in [4.78, 5) is 12.3. The monoisotopic (exact) mass is 430 g/mol. The molecule has 3 aromatic carbocycles. The van der Waals surface area contributed by atoms with E-state index in [4.69, 9.17) is 11.6 Å². The van der Waals surface area contributed by atoms with Gasteiger partial charge in [-0.1, -0.05) is 35.9 Å². The Bertz CT molecular complexity index is 1150. The van der Waals surface area contributed by atoms with Gasteiger partial charge < -0.3 is 10.4 Å². The molecule has 0 radical (unpaired) electrons. The highest BCUT2D eigenvalue weighted by atomic mass is 35.5. The first-order valence-corrected chi connectivity index (χ1v) is 10.6. The number of nitrogens with one attached hydrogen (secondary N) is 2. The van der Waals surface area contributed by atoms with Crippen molar-refractivity contribution in [3.63, 3.8) is 0 Å². The molecular weight excluding hydrogens is 412 g/mol. The van der Waals surface area contributed by atoms with Gasteiger partial charge in [0.2, 0.25) is 5.91 Å². The van der Waals surface area contributed by atoms with Crippen LogP contribution in [0.3, 0.4) is 0 Å². The van der Waals surface area contributed by atoms with E-state index in [0.717, 1.165) is 5.56 Å². The summed E-state index contributed by atoms with van der Waals surface area (Å²) in [6.45, 7) is 1.68. The van der Waals surface area contributed by atoms with Crippen LogP contribution in [0.4, 0.5) is 11.4 Å². The molecule has 0 spiro atoms. The van der Waals surface area contributed by atoms with Crippen molar-refractivity contribution in [3.05, 3.63) is 82.9 Å². The van der Waals surface area contributed by atoms with Crippen LogP contribution in [0.15, 0.2) is 71.6 Å². The second-order valence-corrected chi connectivity index (χ2v) is 8.57. The van der Waals surface area contributed by atoms with Gasteiger partial charge in [-0.2, -0.15) is 0 Å². The van der Waals surface area contributed by atoms with Crippen LogP contribution in [0.5, 0.6) is 5.75 Å². The maximum atomic E-state index is 12.8. The highest BCUT2D eigenvalue weighted by molar-refractivity contribution is 7.92. The van der Waals surface area contributed by atoms with Crippen LogP contribution in [0.25, 0.3) is 0 Å². The fraction of sp³-hybridized carbons (Fsp3) is 0.0952. The maximum Gasteiger partial charge on any atom is 0.262 e. The number of sulfonamides is 1. The van der Waals surface area contributed by atoms with Crippen molar-refractivity contribution in [1.29, 1.82) is 0 Å². The molecule has 1 amide bonds. The summed E-state index contributed by atoms with van der Waals surface area (Å²) in [5.74, 6) is -0.180. The predicted molar refractivity (Wildman–Crippen MR) is 114 cm³/mol. The number of phenols is 1. The highest BCUT2D eigenvalue weighted by Crippen LogP contribution is 2.24. The third-order valence-electron chi connectivity index (χ3n) is 4.14. The topological polar surface area (TPSA) is 95.5 Å². The van der Waals surface area contributed by atoms with Crippen LogP contribution in [0.2, 0.25) is 5.02 Å². The molecule has 29 heavy (non-hydrogen) atoms. The van der Waals surface area contributed by atoms with Gasteiger partial charge >= 0.3 is 0 Å². The molecule has 0 saturated carbocycles. The van der Waals surface area contributed by atoms with E-state index in [0.29, 0.717) is 22.0 Å².